The molecule has 3 aliphatic heterocycles. The molecule has 0 radical (unpaired) electrons. The molecule has 17 heavy (non-hydrogen) atoms. The van der Waals surface area contributed by atoms with Gasteiger partial charge < -0.3 is 14.9 Å². The maximum Gasteiger partial charge on any atom is 0.245 e. The molecule has 2 unspecified atom stereocenters. The largest absolute Gasteiger partial charge is 0.355 e. The summed E-state index contributed by atoms with van der Waals surface area (Å²) >= 11 is 0. The van der Waals surface area contributed by atoms with Gasteiger partial charge in [-0.25, -0.2) is 0 Å². The van der Waals surface area contributed by atoms with Gasteiger partial charge in [-0.05, 0) is 25.7 Å². The number of carbonyl (C=O) groups excluding carboxylic acids is 1. The van der Waals surface area contributed by atoms with Crippen molar-refractivity contribution in [1.82, 2.24) is 15.2 Å². The molecule has 0 aromatic carbocycles. The first-order valence-corrected chi connectivity index (χ1v) is 6.34. The van der Waals surface area contributed by atoms with E-state index in [0.717, 1.165) is 51.0 Å². The smallest absolute Gasteiger partial charge is 0.245 e. The van der Waals surface area contributed by atoms with E-state index in [4.69, 9.17) is 0 Å². The molecule has 0 aromatic rings. The van der Waals surface area contributed by atoms with Crippen molar-refractivity contribution >= 4 is 11.7 Å². The standard InChI is InChI=1S/C11H18N4O2/c16-10(14-6-1-2-7-14)8-4-3-5-9-12-13-11(17)15(8)9/h8,11,13,17H,1-7H2. The molecular weight excluding hydrogens is 220 g/mol. The van der Waals surface area contributed by atoms with Gasteiger partial charge in [0.25, 0.3) is 0 Å². The van der Waals surface area contributed by atoms with E-state index in [9.17, 15) is 9.90 Å². The van der Waals surface area contributed by atoms with Crippen LogP contribution in [-0.4, -0.2) is 52.1 Å². The first-order valence-electron chi connectivity index (χ1n) is 6.34. The number of rotatable bonds is 1. The monoisotopic (exact) mass is 238 g/mol. The van der Waals surface area contributed by atoms with E-state index >= 15 is 0 Å². The SMILES string of the molecule is O=C(C1CCCC2=NNC(O)N21)N1CCCC1. The highest BCUT2D eigenvalue weighted by atomic mass is 16.3. The molecule has 94 valence electrons. The zero-order valence-corrected chi connectivity index (χ0v) is 9.80. The van der Waals surface area contributed by atoms with Gasteiger partial charge in [0.2, 0.25) is 12.3 Å². The Morgan fingerprint density at radius 1 is 1.35 bits per heavy atom. The number of hydrogen-bond acceptors (Lipinski definition) is 5. The van der Waals surface area contributed by atoms with E-state index in [1.165, 1.54) is 0 Å². The Morgan fingerprint density at radius 2 is 2.12 bits per heavy atom. The van der Waals surface area contributed by atoms with Crippen molar-refractivity contribution in [2.75, 3.05) is 13.1 Å². The molecule has 6 nitrogen and oxygen atoms in total. The summed E-state index contributed by atoms with van der Waals surface area (Å²) in [5.74, 6) is 0.971. The molecule has 3 heterocycles. The number of piperidine rings is 1. The van der Waals surface area contributed by atoms with Crippen molar-refractivity contribution in [3.05, 3.63) is 0 Å². The van der Waals surface area contributed by atoms with Crippen LogP contribution in [0.2, 0.25) is 0 Å². The quantitative estimate of drug-likeness (QED) is 0.655. The van der Waals surface area contributed by atoms with Crippen molar-refractivity contribution in [1.29, 1.82) is 0 Å². The molecular formula is C11H18N4O2. The molecule has 0 aromatic heterocycles. The number of likely N-dealkylation sites (tertiary alicyclic amines) is 1. The molecule has 2 fully saturated rings. The van der Waals surface area contributed by atoms with Crippen LogP contribution in [0.5, 0.6) is 0 Å². The van der Waals surface area contributed by atoms with Crippen LogP contribution < -0.4 is 5.43 Å². The number of aliphatic hydroxyl groups is 1. The first-order chi connectivity index (χ1) is 8.27. The summed E-state index contributed by atoms with van der Waals surface area (Å²) in [7, 11) is 0. The van der Waals surface area contributed by atoms with Crippen molar-refractivity contribution in [2.24, 2.45) is 5.10 Å². The Kier molecular flexibility index (Phi) is 2.66. The minimum absolute atomic E-state index is 0.151. The number of nitrogens with one attached hydrogen (secondary N) is 1. The topological polar surface area (TPSA) is 68.2 Å². The number of aliphatic hydroxyl groups excluding tert-OH is 1. The van der Waals surface area contributed by atoms with Crippen molar-refractivity contribution in [3.63, 3.8) is 0 Å². The molecule has 2 atom stereocenters. The fourth-order valence-corrected chi connectivity index (χ4v) is 2.91. The number of hydrazone groups is 1. The lowest BCUT2D eigenvalue weighted by molar-refractivity contribution is -0.138. The highest BCUT2D eigenvalue weighted by Crippen LogP contribution is 2.25. The molecule has 3 rings (SSSR count). The van der Waals surface area contributed by atoms with Crippen LogP contribution in [0.1, 0.15) is 32.1 Å². The van der Waals surface area contributed by atoms with Crippen LogP contribution in [0.15, 0.2) is 5.10 Å². The second-order valence-corrected chi connectivity index (χ2v) is 4.88. The van der Waals surface area contributed by atoms with Crippen LogP contribution >= 0.6 is 0 Å². The highest BCUT2D eigenvalue weighted by Gasteiger charge is 2.40. The summed E-state index contributed by atoms with van der Waals surface area (Å²) in [6.45, 7) is 1.72. The molecule has 2 saturated heterocycles. The predicted molar refractivity (Wildman–Crippen MR) is 61.9 cm³/mol. The lowest BCUT2D eigenvalue weighted by atomic mass is 10.0. The normalized spacial score (nSPS) is 32.2. The van der Waals surface area contributed by atoms with Gasteiger partial charge in [0.15, 0.2) is 0 Å². The van der Waals surface area contributed by atoms with Crippen molar-refractivity contribution in [2.45, 2.75) is 44.5 Å². The van der Waals surface area contributed by atoms with Gasteiger partial charge in [-0.2, -0.15) is 5.10 Å². The molecule has 0 bridgehead atoms. The maximum atomic E-state index is 12.4. The third-order valence-electron chi connectivity index (χ3n) is 3.79. The molecule has 0 spiro atoms. The summed E-state index contributed by atoms with van der Waals surface area (Å²) in [5, 5.41) is 13.9. The Morgan fingerprint density at radius 3 is 2.88 bits per heavy atom. The number of amidine groups is 1. The minimum Gasteiger partial charge on any atom is -0.355 e. The van der Waals surface area contributed by atoms with E-state index in [-0.39, 0.29) is 11.9 Å². The van der Waals surface area contributed by atoms with Gasteiger partial charge in [0.05, 0.1) is 0 Å². The predicted octanol–water partition coefficient (Wildman–Crippen LogP) is -0.344. The Labute approximate surface area is 100 Å². The highest BCUT2D eigenvalue weighted by molar-refractivity contribution is 5.92. The van der Waals surface area contributed by atoms with E-state index in [1.54, 1.807) is 4.90 Å². The molecule has 2 N–H and O–H groups in total. The number of hydrogen-bond donors (Lipinski definition) is 2. The zero-order chi connectivity index (χ0) is 11.8. The number of fused-ring (bicyclic) bond motifs is 1. The third-order valence-corrected chi connectivity index (χ3v) is 3.79. The van der Waals surface area contributed by atoms with Gasteiger partial charge in [0, 0.05) is 19.5 Å². The van der Waals surface area contributed by atoms with Gasteiger partial charge >= 0.3 is 0 Å². The average molecular weight is 238 g/mol. The van der Waals surface area contributed by atoms with E-state index < -0.39 is 6.35 Å². The fraction of sp³-hybridized carbons (Fsp3) is 0.818. The number of amides is 1. The van der Waals surface area contributed by atoms with Crippen LogP contribution in [0.25, 0.3) is 0 Å². The lowest BCUT2D eigenvalue weighted by Gasteiger charge is -2.36. The van der Waals surface area contributed by atoms with E-state index in [2.05, 4.69) is 10.5 Å². The second-order valence-electron chi connectivity index (χ2n) is 4.88. The Hall–Kier alpha value is -1.30. The van der Waals surface area contributed by atoms with Gasteiger partial charge in [-0.1, -0.05) is 0 Å². The van der Waals surface area contributed by atoms with Gasteiger partial charge in [-0.15, -0.1) is 0 Å². The van der Waals surface area contributed by atoms with Crippen LogP contribution in [0.4, 0.5) is 0 Å². The average Bonchev–Trinajstić information content (AvgIpc) is 2.98. The van der Waals surface area contributed by atoms with E-state index in [1.807, 2.05) is 4.90 Å². The summed E-state index contributed by atoms with van der Waals surface area (Å²) in [4.78, 5) is 16.0. The second kappa shape index (κ2) is 4.18. The lowest BCUT2D eigenvalue weighted by Crippen LogP contribution is -2.55. The maximum absolute atomic E-state index is 12.4. The fourth-order valence-electron chi connectivity index (χ4n) is 2.91. The number of carbonyl (C=O) groups is 1. The Balaban J connectivity index is 1.77. The molecule has 0 saturated carbocycles. The summed E-state index contributed by atoms with van der Waals surface area (Å²) in [5.41, 5.74) is 2.64. The summed E-state index contributed by atoms with van der Waals surface area (Å²) < 4.78 is 0. The molecule has 1 amide bonds. The Bertz CT molecular complexity index is 351. The van der Waals surface area contributed by atoms with E-state index in [0.29, 0.717) is 0 Å². The van der Waals surface area contributed by atoms with Crippen LogP contribution in [-0.2, 0) is 4.79 Å². The zero-order valence-electron chi connectivity index (χ0n) is 9.80. The van der Waals surface area contributed by atoms with Crippen molar-refractivity contribution < 1.29 is 9.90 Å². The molecule has 3 aliphatic rings. The first kappa shape index (κ1) is 10.8. The molecule has 0 aliphatic carbocycles. The van der Waals surface area contributed by atoms with Crippen LogP contribution in [0.3, 0.4) is 0 Å². The number of nitrogens with zero attached hydrogens (tertiary/aromatic N) is 3. The van der Waals surface area contributed by atoms with Gasteiger partial charge in [0.1, 0.15) is 11.9 Å². The third kappa shape index (κ3) is 1.76. The van der Waals surface area contributed by atoms with Gasteiger partial charge in [-0.3, -0.25) is 10.2 Å². The van der Waals surface area contributed by atoms with Crippen LogP contribution in [0, 0.1) is 0 Å². The summed E-state index contributed by atoms with van der Waals surface area (Å²) in [6, 6.07) is -0.231. The minimum atomic E-state index is -0.832. The van der Waals surface area contributed by atoms with Crippen molar-refractivity contribution in [3.8, 4) is 0 Å². The molecule has 6 heteroatoms. The summed E-state index contributed by atoms with van der Waals surface area (Å²) in [6.07, 6.45) is 3.98.